The molecule has 1 saturated carbocycles. The van der Waals surface area contributed by atoms with Crippen LogP contribution in [0, 0.1) is 5.92 Å². The van der Waals surface area contributed by atoms with E-state index in [1.54, 1.807) is 12.1 Å². The zero-order valence-electron chi connectivity index (χ0n) is 12.1. The van der Waals surface area contributed by atoms with E-state index in [0.717, 1.165) is 25.7 Å². The summed E-state index contributed by atoms with van der Waals surface area (Å²) in [4.78, 5) is 12.3. The third-order valence-corrected chi connectivity index (χ3v) is 3.47. The maximum atomic E-state index is 12.3. The largest absolute Gasteiger partial charge is 0.493 e. The van der Waals surface area contributed by atoms with Crippen molar-refractivity contribution in [1.82, 2.24) is 0 Å². The molecule has 0 amide bonds. The smallest absolute Gasteiger partial charge is 0.169 e. The lowest BCUT2D eigenvalue weighted by molar-refractivity contribution is 0.0963. The first-order valence-electron chi connectivity index (χ1n) is 7.30. The third kappa shape index (κ3) is 3.66. The van der Waals surface area contributed by atoms with Crippen molar-refractivity contribution in [2.75, 3.05) is 13.2 Å². The minimum Gasteiger partial charge on any atom is -0.493 e. The SMILES string of the molecule is CCCOc1cc(OCCC)c(C(=O)C2CC2)cc1Cl. The molecule has 1 aromatic carbocycles. The molecule has 3 nitrogen and oxygen atoms in total. The standard InChI is InChI=1S/C16H21ClO3/c1-3-7-19-14-10-15(20-8-4-2)13(17)9-12(14)16(18)11-5-6-11/h9-11H,3-8H2,1-2H3. The van der Waals surface area contributed by atoms with Gasteiger partial charge in [0, 0.05) is 12.0 Å². The molecule has 1 aromatic rings. The van der Waals surface area contributed by atoms with Gasteiger partial charge in [0.1, 0.15) is 11.5 Å². The van der Waals surface area contributed by atoms with Crippen LogP contribution in [0.4, 0.5) is 0 Å². The van der Waals surface area contributed by atoms with Gasteiger partial charge in [-0.2, -0.15) is 0 Å². The Labute approximate surface area is 125 Å². The second-order valence-electron chi connectivity index (χ2n) is 5.11. The van der Waals surface area contributed by atoms with Gasteiger partial charge in [-0.05, 0) is 31.7 Å². The highest BCUT2D eigenvalue weighted by atomic mass is 35.5. The summed E-state index contributed by atoms with van der Waals surface area (Å²) in [6.45, 7) is 5.25. The van der Waals surface area contributed by atoms with Crippen molar-refractivity contribution in [3.05, 3.63) is 22.7 Å². The lowest BCUT2D eigenvalue weighted by atomic mass is 10.1. The van der Waals surface area contributed by atoms with Crippen LogP contribution < -0.4 is 9.47 Å². The molecule has 0 saturated heterocycles. The number of carbonyl (C=O) groups is 1. The van der Waals surface area contributed by atoms with Crippen LogP contribution in [0.15, 0.2) is 12.1 Å². The van der Waals surface area contributed by atoms with Crippen molar-refractivity contribution in [2.24, 2.45) is 5.92 Å². The minimum atomic E-state index is 0.139. The maximum Gasteiger partial charge on any atom is 0.169 e. The van der Waals surface area contributed by atoms with Crippen molar-refractivity contribution < 1.29 is 14.3 Å². The van der Waals surface area contributed by atoms with E-state index < -0.39 is 0 Å². The van der Waals surface area contributed by atoms with Gasteiger partial charge in [0.2, 0.25) is 0 Å². The predicted octanol–water partition coefficient (Wildman–Crippen LogP) is 4.51. The van der Waals surface area contributed by atoms with Gasteiger partial charge >= 0.3 is 0 Å². The Balaban J connectivity index is 2.28. The minimum absolute atomic E-state index is 0.139. The van der Waals surface area contributed by atoms with Crippen molar-refractivity contribution >= 4 is 17.4 Å². The molecule has 110 valence electrons. The Morgan fingerprint density at radius 2 is 1.75 bits per heavy atom. The van der Waals surface area contributed by atoms with Gasteiger partial charge in [0.15, 0.2) is 5.78 Å². The molecule has 0 aromatic heterocycles. The Hall–Kier alpha value is -1.22. The van der Waals surface area contributed by atoms with Crippen LogP contribution >= 0.6 is 11.6 Å². The van der Waals surface area contributed by atoms with Crippen LogP contribution in [-0.2, 0) is 0 Å². The summed E-state index contributed by atoms with van der Waals surface area (Å²) in [5.74, 6) is 1.48. The molecular weight excluding hydrogens is 276 g/mol. The Morgan fingerprint density at radius 1 is 1.15 bits per heavy atom. The number of halogens is 1. The molecule has 4 heteroatoms. The summed E-state index contributed by atoms with van der Waals surface area (Å²) in [5.41, 5.74) is 0.592. The second-order valence-corrected chi connectivity index (χ2v) is 5.52. The Kier molecular flexibility index (Phi) is 5.30. The fourth-order valence-corrected chi connectivity index (χ4v) is 2.17. The molecular formula is C16H21ClO3. The maximum absolute atomic E-state index is 12.3. The molecule has 0 radical (unpaired) electrons. The van der Waals surface area contributed by atoms with Crippen LogP contribution in [0.3, 0.4) is 0 Å². The molecule has 1 aliphatic rings. The predicted molar refractivity (Wildman–Crippen MR) is 80.1 cm³/mol. The summed E-state index contributed by atoms with van der Waals surface area (Å²) in [7, 11) is 0. The highest BCUT2D eigenvalue weighted by molar-refractivity contribution is 6.32. The van der Waals surface area contributed by atoms with Gasteiger partial charge in [-0.3, -0.25) is 4.79 Å². The van der Waals surface area contributed by atoms with E-state index in [0.29, 0.717) is 35.3 Å². The highest BCUT2D eigenvalue weighted by Crippen LogP contribution is 2.39. The van der Waals surface area contributed by atoms with Crippen molar-refractivity contribution in [3.8, 4) is 11.5 Å². The van der Waals surface area contributed by atoms with Gasteiger partial charge < -0.3 is 9.47 Å². The number of benzene rings is 1. The van der Waals surface area contributed by atoms with Crippen molar-refractivity contribution in [2.45, 2.75) is 39.5 Å². The van der Waals surface area contributed by atoms with Crippen molar-refractivity contribution in [1.29, 1.82) is 0 Å². The first-order valence-corrected chi connectivity index (χ1v) is 7.68. The summed E-state index contributed by atoms with van der Waals surface area (Å²) in [5, 5.41) is 0.478. The Bertz CT molecular complexity index is 481. The van der Waals surface area contributed by atoms with Crippen LogP contribution in [0.2, 0.25) is 5.02 Å². The number of ether oxygens (including phenoxy) is 2. The van der Waals surface area contributed by atoms with Gasteiger partial charge in [0.25, 0.3) is 0 Å². The Morgan fingerprint density at radius 3 is 2.30 bits per heavy atom. The number of hydrogen-bond acceptors (Lipinski definition) is 3. The molecule has 20 heavy (non-hydrogen) atoms. The number of carbonyl (C=O) groups excluding carboxylic acids is 1. The molecule has 0 aliphatic heterocycles. The molecule has 0 spiro atoms. The normalized spacial score (nSPS) is 14.2. The quantitative estimate of drug-likeness (QED) is 0.662. The zero-order chi connectivity index (χ0) is 14.5. The highest BCUT2D eigenvalue weighted by Gasteiger charge is 2.32. The number of ketones is 1. The van der Waals surface area contributed by atoms with E-state index in [9.17, 15) is 4.79 Å². The van der Waals surface area contributed by atoms with Gasteiger partial charge in [-0.15, -0.1) is 0 Å². The number of rotatable bonds is 8. The van der Waals surface area contributed by atoms with Crippen LogP contribution in [-0.4, -0.2) is 19.0 Å². The molecule has 0 atom stereocenters. The van der Waals surface area contributed by atoms with Gasteiger partial charge in [-0.25, -0.2) is 0 Å². The van der Waals surface area contributed by atoms with Crippen LogP contribution in [0.1, 0.15) is 49.9 Å². The summed E-state index contributed by atoms with van der Waals surface area (Å²) in [6, 6.07) is 3.45. The molecule has 1 fully saturated rings. The molecule has 0 unspecified atom stereocenters. The lowest BCUT2D eigenvalue weighted by Gasteiger charge is -2.14. The van der Waals surface area contributed by atoms with Crippen LogP contribution in [0.25, 0.3) is 0 Å². The van der Waals surface area contributed by atoms with Crippen molar-refractivity contribution in [3.63, 3.8) is 0 Å². The molecule has 0 heterocycles. The number of Topliss-reactive ketones (excluding diaryl/α,β-unsaturated/α-hetero) is 1. The molecule has 0 N–H and O–H groups in total. The molecule has 2 rings (SSSR count). The summed E-state index contributed by atoms with van der Waals surface area (Å²) in [6.07, 6.45) is 3.74. The topological polar surface area (TPSA) is 35.5 Å². The second kappa shape index (κ2) is 6.98. The van der Waals surface area contributed by atoms with Crippen LogP contribution in [0.5, 0.6) is 11.5 Å². The molecule has 1 aliphatic carbocycles. The van der Waals surface area contributed by atoms with E-state index in [-0.39, 0.29) is 11.7 Å². The average Bonchev–Trinajstić information content (AvgIpc) is 3.28. The zero-order valence-corrected chi connectivity index (χ0v) is 12.8. The van der Waals surface area contributed by atoms with E-state index in [2.05, 4.69) is 0 Å². The molecule has 0 bridgehead atoms. The fourth-order valence-electron chi connectivity index (χ4n) is 1.95. The third-order valence-electron chi connectivity index (χ3n) is 3.17. The summed E-state index contributed by atoms with van der Waals surface area (Å²) < 4.78 is 11.3. The van der Waals surface area contributed by atoms with E-state index in [4.69, 9.17) is 21.1 Å². The van der Waals surface area contributed by atoms with E-state index >= 15 is 0 Å². The van der Waals surface area contributed by atoms with Gasteiger partial charge in [-0.1, -0.05) is 25.4 Å². The van der Waals surface area contributed by atoms with Gasteiger partial charge in [0.05, 0.1) is 23.8 Å². The van der Waals surface area contributed by atoms with E-state index in [1.807, 2.05) is 13.8 Å². The fraction of sp³-hybridized carbons (Fsp3) is 0.562. The average molecular weight is 297 g/mol. The first-order chi connectivity index (χ1) is 9.67. The summed E-state index contributed by atoms with van der Waals surface area (Å²) >= 11 is 6.21. The lowest BCUT2D eigenvalue weighted by Crippen LogP contribution is -2.07. The number of hydrogen-bond donors (Lipinski definition) is 0. The first kappa shape index (κ1) is 15.2. The monoisotopic (exact) mass is 296 g/mol. The van der Waals surface area contributed by atoms with E-state index in [1.165, 1.54) is 0 Å².